The first-order chi connectivity index (χ1) is 20.2. The van der Waals surface area contributed by atoms with Crippen molar-refractivity contribution in [3.8, 4) is 22.3 Å². The van der Waals surface area contributed by atoms with Crippen molar-refractivity contribution in [3.63, 3.8) is 0 Å². The van der Waals surface area contributed by atoms with Gasteiger partial charge in [0.25, 0.3) is 0 Å². The van der Waals surface area contributed by atoms with E-state index in [1.54, 1.807) is 0 Å². The molecule has 0 saturated heterocycles. The number of halogens is 2. The van der Waals surface area contributed by atoms with E-state index in [0.717, 1.165) is 22.4 Å². The molecule has 44 heavy (non-hydrogen) atoms. The van der Waals surface area contributed by atoms with E-state index in [2.05, 4.69) is 141 Å². The van der Waals surface area contributed by atoms with E-state index in [1.165, 1.54) is 77.2 Å². The zero-order valence-corrected chi connectivity index (χ0v) is 30.4. The van der Waals surface area contributed by atoms with Crippen LogP contribution in [0.3, 0.4) is 0 Å². The van der Waals surface area contributed by atoms with Crippen molar-refractivity contribution >= 4 is 37.1 Å². The van der Waals surface area contributed by atoms with E-state index in [0.29, 0.717) is 0 Å². The summed E-state index contributed by atoms with van der Waals surface area (Å²) in [6, 6.07) is 43.9. The summed E-state index contributed by atoms with van der Waals surface area (Å²) in [6.45, 7) is 6.72. The molecular weight excluding hydrogens is 671 g/mol. The van der Waals surface area contributed by atoms with Gasteiger partial charge in [0.05, 0.1) is 0 Å². The van der Waals surface area contributed by atoms with E-state index >= 15 is 0 Å². The summed E-state index contributed by atoms with van der Waals surface area (Å²) in [5.74, 6) is 0.250. The van der Waals surface area contributed by atoms with Crippen LogP contribution in [0.25, 0.3) is 49.9 Å². The van der Waals surface area contributed by atoms with Gasteiger partial charge in [-0.05, 0) is 73.8 Å². The Morgan fingerprint density at radius 2 is 1.34 bits per heavy atom. The molecule has 0 amide bonds. The third kappa shape index (κ3) is 5.72. The Balaban J connectivity index is 0.000000710. The van der Waals surface area contributed by atoms with Crippen molar-refractivity contribution < 1.29 is 51.0 Å². The van der Waals surface area contributed by atoms with E-state index in [1.807, 2.05) is 0 Å². The molecule has 6 aromatic rings. The smallest absolute Gasteiger partial charge is 1.00 e. The predicted octanol–water partition coefficient (Wildman–Crippen LogP) is 4.49. The SMILES string of the molecule is CCC1=Cc2c(-c3c4ccccc4cc4ccccc34)cccc2C1c1[c-]ccc2c1Cc1ccccc1-2.C[SiH]C.[Cl-].[Cl-].[Zr+3]. The number of hydrogen-bond donors (Lipinski definition) is 0. The van der Waals surface area contributed by atoms with Gasteiger partial charge in [-0.25, -0.2) is 0 Å². The van der Waals surface area contributed by atoms with Crippen LogP contribution in [0.5, 0.6) is 0 Å². The van der Waals surface area contributed by atoms with Crippen LogP contribution in [-0.2, 0) is 32.6 Å². The molecule has 0 spiro atoms. The first kappa shape index (κ1) is 34.1. The fraction of sp³-hybridized carbons (Fsp3) is 0.150. The topological polar surface area (TPSA) is 0 Å². The van der Waals surface area contributed by atoms with Gasteiger partial charge in [0, 0.05) is 15.4 Å². The molecule has 2 aliphatic rings. The summed E-state index contributed by atoms with van der Waals surface area (Å²) in [7, 11) is 0.750. The molecule has 0 fully saturated rings. The molecule has 2 aliphatic carbocycles. The summed E-state index contributed by atoms with van der Waals surface area (Å²) in [6.07, 6.45) is 4.51. The van der Waals surface area contributed by atoms with Crippen LogP contribution in [-0.4, -0.2) is 9.52 Å². The van der Waals surface area contributed by atoms with Crippen molar-refractivity contribution in [2.45, 2.75) is 38.8 Å². The van der Waals surface area contributed by atoms with Gasteiger partial charge >= 0.3 is 26.2 Å². The molecule has 0 saturated carbocycles. The molecule has 0 aliphatic heterocycles. The van der Waals surface area contributed by atoms with E-state index in [4.69, 9.17) is 0 Å². The molecule has 0 N–H and O–H groups in total. The molecule has 0 aromatic heterocycles. The Kier molecular flexibility index (Phi) is 11.3. The zero-order chi connectivity index (χ0) is 27.9. The van der Waals surface area contributed by atoms with Crippen LogP contribution < -0.4 is 24.8 Å². The zero-order valence-electron chi connectivity index (χ0n) is 25.3. The summed E-state index contributed by atoms with van der Waals surface area (Å²) >= 11 is 0. The fourth-order valence-corrected chi connectivity index (χ4v) is 7.01. The van der Waals surface area contributed by atoms with Crippen LogP contribution in [0.1, 0.15) is 47.1 Å². The van der Waals surface area contributed by atoms with Crippen LogP contribution in [0.15, 0.2) is 115 Å². The van der Waals surface area contributed by atoms with Crippen molar-refractivity contribution in [2.75, 3.05) is 0 Å². The van der Waals surface area contributed by atoms with Gasteiger partial charge < -0.3 is 24.8 Å². The normalized spacial score (nSPS) is 13.7. The third-order valence-electron chi connectivity index (χ3n) is 8.70. The van der Waals surface area contributed by atoms with E-state index < -0.39 is 0 Å². The Morgan fingerprint density at radius 1 is 0.727 bits per heavy atom. The van der Waals surface area contributed by atoms with Gasteiger partial charge in [-0.1, -0.05) is 123 Å². The minimum Gasteiger partial charge on any atom is -1.00 e. The van der Waals surface area contributed by atoms with Crippen LogP contribution >= 0.6 is 0 Å². The second-order valence-corrected chi connectivity index (χ2v) is 12.4. The Labute approximate surface area is 295 Å². The maximum Gasteiger partial charge on any atom is 3.00 e. The fourth-order valence-electron chi connectivity index (χ4n) is 7.01. The average molecular weight is 705 g/mol. The Morgan fingerprint density at radius 3 is 2.02 bits per heavy atom. The van der Waals surface area contributed by atoms with Gasteiger partial charge in [-0.3, -0.25) is 0 Å². The standard InChI is InChI=1S/C38H27.C2H7Si.2ClH.Zr/c1-2-24-22-36-33(37(24)32-18-9-17-31-28-14-6-3-13-27(28)23-35(31)32)19-10-20-34(36)38-29-15-7-4-11-25(29)21-26-12-5-8-16-30(26)38;1-3-2;;;/h3-17,19-22,37H,2,23H2,1H3;3H,1-2H3;2*1H;/q-1;;;;+3/p-2. The minimum atomic E-state index is 0. The van der Waals surface area contributed by atoms with E-state index in [9.17, 15) is 0 Å². The second-order valence-electron chi connectivity index (χ2n) is 11.2. The van der Waals surface area contributed by atoms with Gasteiger partial charge in [-0.2, -0.15) is 18.2 Å². The maximum atomic E-state index is 3.73. The summed E-state index contributed by atoms with van der Waals surface area (Å²) < 4.78 is 0. The molecule has 0 bridgehead atoms. The maximum absolute atomic E-state index is 3.73. The molecule has 8 rings (SSSR count). The quantitative estimate of drug-likeness (QED) is 0.145. The largest absolute Gasteiger partial charge is 3.00 e. The molecular formula is C40H34Cl2SiZr. The average Bonchev–Trinajstić information content (AvgIpc) is 3.59. The number of fused-ring (bicyclic) bond motifs is 6. The molecule has 4 heteroatoms. The molecule has 0 heterocycles. The second kappa shape index (κ2) is 14.6. The molecule has 0 nitrogen and oxygen atoms in total. The monoisotopic (exact) mass is 702 g/mol. The number of hydrogen-bond acceptors (Lipinski definition) is 0. The van der Waals surface area contributed by atoms with Crippen molar-refractivity contribution in [2.24, 2.45) is 0 Å². The number of allylic oxidation sites excluding steroid dienone is 1. The van der Waals surface area contributed by atoms with Crippen molar-refractivity contribution in [1.82, 2.24) is 0 Å². The van der Waals surface area contributed by atoms with Crippen molar-refractivity contribution in [3.05, 3.63) is 149 Å². The van der Waals surface area contributed by atoms with Gasteiger partial charge in [0.15, 0.2) is 0 Å². The van der Waals surface area contributed by atoms with Crippen LogP contribution in [0, 0.1) is 6.07 Å². The van der Waals surface area contributed by atoms with Crippen LogP contribution in [0.2, 0.25) is 13.1 Å². The van der Waals surface area contributed by atoms with Crippen LogP contribution in [0.4, 0.5) is 0 Å². The molecule has 216 valence electrons. The predicted molar refractivity (Wildman–Crippen MR) is 179 cm³/mol. The number of benzene rings is 6. The molecule has 2 radical (unpaired) electrons. The van der Waals surface area contributed by atoms with Gasteiger partial charge in [0.2, 0.25) is 0 Å². The Hall–Kier alpha value is -2.74. The summed E-state index contributed by atoms with van der Waals surface area (Å²) in [5, 5.41) is 5.22. The molecule has 6 aromatic carbocycles. The minimum absolute atomic E-state index is 0. The first-order valence-electron chi connectivity index (χ1n) is 14.8. The molecule has 1 atom stereocenters. The van der Waals surface area contributed by atoms with E-state index in [-0.39, 0.29) is 56.9 Å². The third-order valence-corrected chi connectivity index (χ3v) is 8.70. The van der Waals surface area contributed by atoms with Gasteiger partial charge in [-0.15, -0.1) is 16.7 Å². The van der Waals surface area contributed by atoms with Crippen molar-refractivity contribution in [1.29, 1.82) is 0 Å². The number of rotatable bonds is 3. The van der Waals surface area contributed by atoms with Gasteiger partial charge in [0.1, 0.15) is 0 Å². The summed E-state index contributed by atoms with van der Waals surface area (Å²) in [5.41, 5.74) is 13.9. The summed E-state index contributed by atoms with van der Waals surface area (Å²) in [4.78, 5) is 0. The molecule has 1 unspecified atom stereocenters. The Bertz CT molecular complexity index is 1920. The first-order valence-corrected chi connectivity index (χ1v) is 17.1.